The number of carbonyl (C=O) groups is 1. The van der Waals surface area contributed by atoms with Crippen LogP contribution in [0.4, 0.5) is 4.39 Å². The standard InChI is InChI=1S/C15H21FN2O/c1-3-18(4-2)14(19)15(9-13(17)10-15)11-6-5-7-12(16)8-11/h5-8,13H,3-4,9-10,17H2,1-2H3/t13-,15-. The first-order chi connectivity index (χ1) is 9.03. The number of carbonyl (C=O) groups excluding carboxylic acids is 1. The summed E-state index contributed by atoms with van der Waals surface area (Å²) in [4.78, 5) is 14.5. The van der Waals surface area contributed by atoms with Crippen LogP contribution in [0.25, 0.3) is 0 Å². The summed E-state index contributed by atoms with van der Waals surface area (Å²) in [5.41, 5.74) is 6.02. The molecule has 1 aromatic rings. The molecule has 0 radical (unpaired) electrons. The Bertz CT molecular complexity index is 465. The molecule has 0 aromatic heterocycles. The van der Waals surface area contributed by atoms with Crippen molar-refractivity contribution in [2.75, 3.05) is 13.1 Å². The average molecular weight is 264 g/mol. The van der Waals surface area contributed by atoms with Crippen molar-refractivity contribution in [2.45, 2.75) is 38.1 Å². The third kappa shape index (κ3) is 2.37. The minimum Gasteiger partial charge on any atom is -0.342 e. The Labute approximate surface area is 113 Å². The van der Waals surface area contributed by atoms with Gasteiger partial charge in [-0.25, -0.2) is 4.39 Å². The predicted octanol–water partition coefficient (Wildman–Crippen LogP) is 2.05. The van der Waals surface area contributed by atoms with Gasteiger partial charge in [-0.3, -0.25) is 4.79 Å². The molecule has 1 saturated carbocycles. The van der Waals surface area contributed by atoms with E-state index in [4.69, 9.17) is 5.73 Å². The lowest BCUT2D eigenvalue weighted by molar-refractivity contribution is -0.141. The first kappa shape index (κ1) is 14.0. The average Bonchev–Trinajstić information content (AvgIpc) is 2.36. The van der Waals surface area contributed by atoms with E-state index in [9.17, 15) is 9.18 Å². The van der Waals surface area contributed by atoms with Crippen LogP contribution in [0.15, 0.2) is 24.3 Å². The molecule has 0 heterocycles. The highest BCUT2D eigenvalue weighted by atomic mass is 19.1. The van der Waals surface area contributed by atoms with Gasteiger partial charge in [-0.1, -0.05) is 12.1 Å². The molecule has 0 saturated heterocycles. The van der Waals surface area contributed by atoms with Crippen molar-refractivity contribution in [3.05, 3.63) is 35.6 Å². The van der Waals surface area contributed by atoms with E-state index in [0.717, 1.165) is 5.56 Å². The van der Waals surface area contributed by atoms with Crippen molar-refractivity contribution in [1.82, 2.24) is 4.90 Å². The summed E-state index contributed by atoms with van der Waals surface area (Å²) in [7, 11) is 0. The van der Waals surface area contributed by atoms with Crippen molar-refractivity contribution >= 4 is 5.91 Å². The monoisotopic (exact) mass is 264 g/mol. The number of hydrogen-bond acceptors (Lipinski definition) is 2. The van der Waals surface area contributed by atoms with Crippen molar-refractivity contribution in [3.8, 4) is 0 Å². The molecule has 1 amide bonds. The molecule has 4 heteroatoms. The number of benzene rings is 1. The fourth-order valence-electron chi connectivity index (χ4n) is 2.97. The first-order valence-corrected chi connectivity index (χ1v) is 6.84. The summed E-state index contributed by atoms with van der Waals surface area (Å²) < 4.78 is 13.4. The van der Waals surface area contributed by atoms with Gasteiger partial charge in [0.25, 0.3) is 0 Å². The van der Waals surface area contributed by atoms with Gasteiger partial charge in [-0.15, -0.1) is 0 Å². The summed E-state index contributed by atoms with van der Waals surface area (Å²) in [5, 5.41) is 0. The highest BCUT2D eigenvalue weighted by molar-refractivity contribution is 5.89. The second-order valence-corrected chi connectivity index (χ2v) is 5.24. The molecule has 3 nitrogen and oxygen atoms in total. The number of halogens is 1. The smallest absolute Gasteiger partial charge is 0.233 e. The Hall–Kier alpha value is -1.42. The minimum atomic E-state index is -0.618. The second kappa shape index (κ2) is 5.29. The number of nitrogens with zero attached hydrogens (tertiary/aromatic N) is 1. The van der Waals surface area contributed by atoms with Gasteiger partial charge in [0.1, 0.15) is 5.82 Å². The van der Waals surface area contributed by atoms with Gasteiger partial charge < -0.3 is 10.6 Å². The van der Waals surface area contributed by atoms with Gasteiger partial charge >= 0.3 is 0 Å². The molecule has 0 spiro atoms. The van der Waals surface area contributed by atoms with Crippen LogP contribution in [0.1, 0.15) is 32.3 Å². The van der Waals surface area contributed by atoms with E-state index in [1.54, 1.807) is 11.0 Å². The topological polar surface area (TPSA) is 46.3 Å². The van der Waals surface area contributed by atoms with Crippen molar-refractivity contribution in [2.24, 2.45) is 5.73 Å². The summed E-state index contributed by atoms with van der Waals surface area (Å²) in [6, 6.07) is 6.38. The third-order valence-electron chi connectivity index (χ3n) is 4.06. The number of likely N-dealkylation sites (N-methyl/N-ethyl adjacent to an activating group) is 1. The second-order valence-electron chi connectivity index (χ2n) is 5.24. The molecule has 1 aromatic carbocycles. The molecule has 19 heavy (non-hydrogen) atoms. The van der Waals surface area contributed by atoms with Gasteiger partial charge in [0, 0.05) is 19.1 Å². The van der Waals surface area contributed by atoms with E-state index < -0.39 is 5.41 Å². The Kier molecular flexibility index (Phi) is 3.90. The molecule has 1 aliphatic rings. The van der Waals surface area contributed by atoms with E-state index in [1.807, 2.05) is 19.9 Å². The van der Waals surface area contributed by atoms with Crippen LogP contribution in [0.5, 0.6) is 0 Å². The van der Waals surface area contributed by atoms with Gasteiger partial charge in [0.2, 0.25) is 5.91 Å². The number of amides is 1. The lowest BCUT2D eigenvalue weighted by Crippen LogP contribution is -2.58. The molecule has 0 aliphatic heterocycles. The third-order valence-corrected chi connectivity index (χ3v) is 4.06. The fourth-order valence-corrected chi connectivity index (χ4v) is 2.97. The van der Waals surface area contributed by atoms with Gasteiger partial charge in [-0.05, 0) is 44.4 Å². The van der Waals surface area contributed by atoms with E-state index in [1.165, 1.54) is 12.1 Å². The van der Waals surface area contributed by atoms with Crippen molar-refractivity contribution in [3.63, 3.8) is 0 Å². The van der Waals surface area contributed by atoms with Crippen LogP contribution >= 0.6 is 0 Å². The molecule has 1 aliphatic carbocycles. The lowest BCUT2D eigenvalue weighted by atomic mass is 9.61. The summed E-state index contributed by atoms with van der Waals surface area (Å²) in [5.74, 6) is -0.227. The fraction of sp³-hybridized carbons (Fsp3) is 0.533. The van der Waals surface area contributed by atoms with Crippen LogP contribution in [-0.4, -0.2) is 29.9 Å². The van der Waals surface area contributed by atoms with Crippen molar-refractivity contribution < 1.29 is 9.18 Å². The van der Waals surface area contributed by atoms with Gasteiger partial charge in [0.15, 0.2) is 0 Å². The van der Waals surface area contributed by atoms with Gasteiger partial charge in [0.05, 0.1) is 5.41 Å². The van der Waals surface area contributed by atoms with Crippen LogP contribution in [0.2, 0.25) is 0 Å². The lowest BCUT2D eigenvalue weighted by Gasteiger charge is -2.47. The van der Waals surface area contributed by atoms with E-state index in [-0.39, 0.29) is 17.8 Å². The van der Waals surface area contributed by atoms with Crippen molar-refractivity contribution in [1.29, 1.82) is 0 Å². The largest absolute Gasteiger partial charge is 0.342 e. The van der Waals surface area contributed by atoms with Crippen LogP contribution < -0.4 is 5.73 Å². The molecule has 104 valence electrons. The zero-order valence-electron chi connectivity index (χ0n) is 11.5. The molecule has 2 rings (SSSR count). The highest BCUT2D eigenvalue weighted by Crippen LogP contribution is 2.44. The normalized spacial score (nSPS) is 25.8. The summed E-state index contributed by atoms with van der Waals surface area (Å²) >= 11 is 0. The van der Waals surface area contributed by atoms with E-state index in [0.29, 0.717) is 25.9 Å². The molecular weight excluding hydrogens is 243 g/mol. The number of nitrogens with two attached hydrogens (primary N) is 1. The summed E-state index contributed by atoms with van der Waals surface area (Å²) in [6.07, 6.45) is 1.21. The highest BCUT2D eigenvalue weighted by Gasteiger charge is 2.51. The maximum absolute atomic E-state index is 13.4. The van der Waals surface area contributed by atoms with Crippen LogP contribution in [0.3, 0.4) is 0 Å². The Balaban J connectivity index is 2.36. The Morgan fingerprint density at radius 1 is 1.42 bits per heavy atom. The molecule has 0 atom stereocenters. The first-order valence-electron chi connectivity index (χ1n) is 6.84. The molecule has 0 bridgehead atoms. The Morgan fingerprint density at radius 2 is 2.05 bits per heavy atom. The number of rotatable bonds is 4. The molecule has 2 N–H and O–H groups in total. The zero-order valence-corrected chi connectivity index (χ0v) is 11.5. The van der Waals surface area contributed by atoms with Crippen LogP contribution in [-0.2, 0) is 10.2 Å². The van der Waals surface area contributed by atoms with E-state index in [2.05, 4.69) is 0 Å². The quantitative estimate of drug-likeness (QED) is 0.904. The maximum Gasteiger partial charge on any atom is 0.233 e. The minimum absolute atomic E-state index is 0.0304. The SMILES string of the molecule is CCN(CC)C(=O)[C@]1(c2cccc(F)c2)C[C@@H](N)C1. The zero-order chi connectivity index (χ0) is 14.0. The molecular formula is C15H21FN2O. The number of hydrogen-bond donors (Lipinski definition) is 1. The van der Waals surface area contributed by atoms with E-state index >= 15 is 0 Å². The maximum atomic E-state index is 13.4. The molecule has 1 fully saturated rings. The molecule has 0 unspecified atom stereocenters. The summed E-state index contributed by atoms with van der Waals surface area (Å²) in [6.45, 7) is 5.25. The van der Waals surface area contributed by atoms with Gasteiger partial charge in [-0.2, -0.15) is 0 Å². The van der Waals surface area contributed by atoms with Crippen LogP contribution in [0, 0.1) is 5.82 Å². The Morgan fingerprint density at radius 3 is 2.53 bits per heavy atom. The predicted molar refractivity (Wildman–Crippen MR) is 73.2 cm³/mol.